The van der Waals surface area contributed by atoms with Crippen LogP contribution in [0.1, 0.15) is 44.1 Å². The molecule has 2 saturated carbocycles. The first-order chi connectivity index (χ1) is 9.66. The lowest BCUT2D eigenvalue weighted by Gasteiger charge is -2.26. The molecule has 0 spiro atoms. The summed E-state index contributed by atoms with van der Waals surface area (Å²) in [5.74, 6) is 0.0211. The van der Waals surface area contributed by atoms with Crippen LogP contribution in [-0.2, 0) is 11.3 Å². The summed E-state index contributed by atoms with van der Waals surface area (Å²) in [6, 6.07) is 4.98. The van der Waals surface area contributed by atoms with Gasteiger partial charge >= 0.3 is 0 Å². The molecule has 1 aromatic rings. The summed E-state index contributed by atoms with van der Waals surface area (Å²) in [5, 5.41) is 0.412. The summed E-state index contributed by atoms with van der Waals surface area (Å²) >= 11 is 6.09. The molecule has 2 nitrogen and oxygen atoms in total. The SMILES string of the molecule is O=C(C1CCCC1)N(Cc1c(F)cccc1Cl)C1CC1. The summed E-state index contributed by atoms with van der Waals surface area (Å²) in [6.45, 7) is 0.311. The van der Waals surface area contributed by atoms with Crippen molar-refractivity contribution in [2.45, 2.75) is 51.1 Å². The lowest BCUT2D eigenvalue weighted by Crippen LogP contribution is -2.37. The van der Waals surface area contributed by atoms with Crippen molar-refractivity contribution in [2.75, 3.05) is 0 Å². The Bertz CT molecular complexity index is 489. The Labute approximate surface area is 123 Å². The van der Waals surface area contributed by atoms with Gasteiger partial charge in [-0.05, 0) is 37.8 Å². The van der Waals surface area contributed by atoms with Crippen LogP contribution in [0.2, 0.25) is 5.02 Å². The van der Waals surface area contributed by atoms with Gasteiger partial charge in [-0.1, -0.05) is 30.5 Å². The van der Waals surface area contributed by atoms with Gasteiger partial charge in [-0.3, -0.25) is 4.79 Å². The molecule has 0 saturated heterocycles. The molecule has 4 heteroatoms. The lowest BCUT2D eigenvalue weighted by atomic mass is 10.1. The van der Waals surface area contributed by atoms with Crippen LogP contribution in [0, 0.1) is 11.7 Å². The van der Waals surface area contributed by atoms with Gasteiger partial charge in [-0.15, -0.1) is 0 Å². The van der Waals surface area contributed by atoms with Crippen LogP contribution in [-0.4, -0.2) is 16.8 Å². The monoisotopic (exact) mass is 295 g/mol. The third kappa shape index (κ3) is 2.83. The van der Waals surface area contributed by atoms with E-state index >= 15 is 0 Å². The van der Waals surface area contributed by atoms with E-state index in [9.17, 15) is 9.18 Å². The van der Waals surface area contributed by atoms with Crippen molar-refractivity contribution in [3.05, 3.63) is 34.6 Å². The zero-order chi connectivity index (χ0) is 14.1. The molecule has 2 fully saturated rings. The van der Waals surface area contributed by atoms with Crippen LogP contribution < -0.4 is 0 Å². The van der Waals surface area contributed by atoms with E-state index in [0.717, 1.165) is 38.5 Å². The molecule has 0 aromatic heterocycles. The Morgan fingerprint density at radius 1 is 1.25 bits per heavy atom. The maximum absolute atomic E-state index is 13.9. The quantitative estimate of drug-likeness (QED) is 0.817. The van der Waals surface area contributed by atoms with E-state index in [1.807, 2.05) is 4.90 Å². The Balaban J connectivity index is 1.79. The van der Waals surface area contributed by atoms with Crippen molar-refractivity contribution in [1.82, 2.24) is 4.90 Å². The van der Waals surface area contributed by atoms with E-state index in [-0.39, 0.29) is 17.6 Å². The van der Waals surface area contributed by atoms with Crippen molar-refractivity contribution in [1.29, 1.82) is 0 Å². The third-order valence-corrected chi connectivity index (χ3v) is 4.72. The van der Waals surface area contributed by atoms with Crippen molar-refractivity contribution in [3.8, 4) is 0 Å². The lowest BCUT2D eigenvalue weighted by molar-refractivity contribution is -0.136. The van der Waals surface area contributed by atoms with Crippen LogP contribution in [0.25, 0.3) is 0 Å². The molecule has 3 rings (SSSR count). The van der Waals surface area contributed by atoms with Crippen LogP contribution in [0.15, 0.2) is 18.2 Å². The summed E-state index contributed by atoms with van der Waals surface area (Å²) < 4.78 is 13.9. The minimum absolute atomic E-state index is 0.140. The Kier molecular flexibility index (Phi) is 3.97. The van der Waals surface area contributed by atoms with Gasteiger partial charge in [0.15, 0.2) is 0 Å². The summed E-state index contributed by atoms with van der Waals surface area (Å²) in [4.78, 5) is 14.5. The highest BCUT2D eigenvalue weighted by Crippen LogP contribution is 2.35. The number of rotatable bonds is 4. The van der Waals surface area contributed by atoms with Crippen molar-refractivity contribution in [3.63, 3.8) is 0 Å². The second-order valence-electron chi connectivity index (χ2n) is 5.88. The largest absolute Gasteiger partial charge is 0.335 e. The van der Waals surface area contributed by atoms with Gasteiger partial charge in [-0.25, -0.2) is 4.39 Å². The number of carbonyl (C=O) groups is 1. The molecule has 0 unspecified atom stereocenters. The van der Waals surface area contributed by atoms with Gasteiger partial charge in [0.2, 0.25) is 5.91 Å². The average Bonchev–Trinajstić information content (AvgIpc) is 3.11. The molecule has 108 valence electrons. The van der Waals surface area contributed by atoms with Crippen LogP contribution >= 0.6 is 11.6 Å². The van der Waals surface area contributed by atoms with Crippen molar-refractivity contribution >= 4 is 17.5 Å². The fourth-order valence-corrected chi connectivity index (χ4v) is 3.26. The maximum Gasteiger partial charge on any atom is 0.226 e. The maximum atomic E-state index is 13.9. The van der Waals surface area contributed by atoms with E-state index in [0.29, 0.717) is 23.2 Å². The molecule has 0 N–H and O–H groups in total. The van der Waals surface area contributed by atoms with Gasteiger partial charge in [0.1, 0.15) is 5.82 Å². The molecule has 20 heavy (non-hydrogen) atoms. The summed E-state index contributed by atoms with van der Waals surface area (Å²) in [5.41, 5.74) is 0.451. The molecule has 0 aliphatic heterocycles. The van der Waals surface area contributed by atoms with Gasteiger partial charge in [0, 0.05) is 22.5 Å². The van der Waals surface area contributed by atoms with E-state index in [1.54, 1.807) is 12.1 Å². The van der Waals surface area contributed by atoms with Gasteiger partial charge in [0.05, 0.1) is 6.54 Å². The second-order valence-corrected chi connectivity index (χ2v) is 6.29. The molecular weight excluding hydrogens is 277 g/mol. The zero-order valence-corrected chi connectivity index (χ0v) is 12.2. The number of nitrogens with zero attached hydrogens (tertiary/aromatic N) is 1. The van der Waals surface area contributed by atoms with E-state index < -0.39 is 0 Å². The first kappa shape index (κ1) is 13.9. The molecule has 1 aromatic carbocycles. The smallest absolute Gasteiger partial charge is 0.226 e. The first-order valence-electron chi connectivity index (χ1n) is 7.40. The normalized spacial score (nSPS) is 19.3. The topological polar surface area (TPSA) is 20.3 Å². The fourth-order valence-electron chi connectivity index (χ4n) is 3.03. The zero-order valence-electron chi connectivity index (χ0n) is 11.4. The highest BCUT2D eigenvalue weighted by atomic mass is 35.5. The molecule has 1 amide bonds. The highest BCUT2D eigenvalue weighted by Gasteiger charge is 2.37. The second kappa shape index (κ2) is 5.72. The minimum Gasteiger partial charge on any atom is -0.335 e. The van der Waals surface area contributed by atoms with E-state index in [2.05, 4.69) is 0 Å². The standard InChI is InChI=1S/C16H19ClFNO/c17-14-6-3-7-15(18)13(14)10-19(12-8-9-12)16(20)11-4-1-2-5-11/h3,6-7,11-12H,1-2,4-5,8-10H2. The molecule has 2 aliphatic carbocycles. The first-order valence-corrected chi connectivity index (χ1v) is 7.78. The predicted molar refractivity (Wildman–Crippen MR) is 76.9 cm³/mol. The van der Waals surface area contributed by atoms with Crippen LogP contribution in [0.3, 0.4) is 0 Å². The Morgan fingerprint density at radius 3 is 2.55 bits per heavy atom. The van der Waals surface area contributed by atoms with Crippen LogP contribution in [0.4, 0.5) is 4.39 Å². The minimum atomic E-state index is -0.317. The highest BCUT2D eigenvalue weighted by molar-refractivity contribution is 6.31. The van der Waals surface area contributed by atoms with Crippen molar-refractivity contribution < 1.29 is 9.18 Å². The predicted octanol–water partition coefficient (Wildman–Crippen LogP) is 4.16. The molecular formula is C16H19ClFNO. The summed E-state index contributed by atoms with van der Waals surface area (Å²) in [7, 11) is 0. The van der Waals surface area contributed by atoms with Gasteiger partial charge in [-0.2, -0.15) is 0 Å². The fraction of sp³-hybridized carbons (Fsp3) is 0.562. The Morgan fingerprint density at radius 2 is 1.95 bits per heavy atom. The van der Waals surface area contributed by atoms with Crippen LogP contribution in [0.5, 0.6) is 0 Å². The third-order valence-electron chi connectivity index (χ3n) is 4.37. The number of carbonyl (C=O) groups excluding carboxylic acids is 1. The number of benzene rings is 1. The van der Waals surface area contributed by atoms with Gasteiger partial charge in [0.25, 0.3) is 0 Å². The van der Waals surface area contributed by atoms with Gasteiger partial charge < -0.3 is 4.90 Å². The number of hydrogen-bond acceptors (Lipinski definition) is 1. The molecule has 0 atom stereocenters. The Hall–Kier alpha value is -1.09. The number of amides is 1. The molecule has 0 bridgehead atoms. The number of halogens is 2. The summed E-state index contributed by atoms with van der Waals surface area (Å²) in [6.07, 6.45) is 6.29. The molecule has 0 radical (unpaired) electrons. The van der Waals surface area contributed by atoms with E-state index in [4.69, 9.17) is 11.6 Å². The van der Waals surface area contributed by atoms with Crippen molar-refractivity contribution in [2.24, 2.45) is 5.92 Å². The molecule has 0 heterocycles. The molecule has 2 aliphatic rings. The average molecular weight is 296 g/mol. The van der Waals surface area contributed by atoms with E-state index in [1.165, 1.54) is 6.07 Å². The number of hydrogen-bond donors (Lipinski definition) is 0.